The number of fused-ring (bicyclic) bond motifs is 1. The van der Waals surface area contributed by atoms with Crippen molar-refractivity contribution in [1.82, 2.24) is 14.7 Å². The van der Waals surface area contributed by atoms with Gasteiger partial charge in [0.1, 0.15) is 0 Å². The molecular formula is C15H27N3O2. The Kier molecular flexibility index (Phi) is 4.37. The van der Waals surface area contributed by atoms with Crippen molar-refractivity contribution in [3.63, 3.8) is 0 Å². The molecule has 2 rings (SSSR count). The van der Waals surface area contributed by atoms with Crippen LogP contribution in [-0.2, 0) is 9.59 Å². The molecule has 0 bridgehead atoms. The van der Waals surface area contributed by atoms with E-state index in [0.29, 0.717) is 6.54 Å². The van der Waals surface area contributed by atoms with E-state index in [1.165, 1.54) is 0 Å². The van der Waals surface area contributed by atoms with Gasteiger partial charge < -0.3 is 14.7 Å². The Morgan fingerprint density at radius 2 is 1.95 bits per heavy atom. The van der Waals surface area contributed by atoms with Crippen LogP contribution in [0.5, 0.6) is 0 Å². The minimum Gasteiger partial charge on any atom is -0.338 e. The van der Waals surface area contributed by atoms with Gasteiger partial charge in [-0.25, -0.2) is 0 Å². The van der Waals surface area contributed by atoms with Gasteiger partial charge >= 0.3 is 0 Å². The topological polar surface area (TPSA) is 43.9 Å². The third-order valence-corrected chi connectivity index (χ3v) is 4.81. The van der Waals surface area contributed by atoms with Gasteiger partial charge in [0.05, 0.1) is 18.1 Å². The van der Waals surface area contributed by atoms with E-state index in [2.05, 4.69) is 6.92 Å². The summed E-state index contributed by atoms with van der Waals surface area (Å²) in [4.78, 5) is 30.3. The maximum Gasteiger partial charge on any atom is 0.237 e. The lowest BCUT2D eigenvalue weighted by Crippen LogP contribution is -2.68. The van der Waals surface area contributed by atoms with E-state index in [9.17, 15) is 9.59 Å². The molecule has 0 saturated carbocycles. The van der Waals surface area contributed by atoms with E-state index in [-0.39, 0.29) is 23.4 Å². The number of nitrogens with zero attached hydrogens (tertiary/aromatic N) is 3. The van der Waals surface area contributed by atoms with Gasteiger partial charge in [-0.1, -0.05) is 0 Å². The highest BCUT2D eigenvalue weighted by Crippen LogP contribution is 2.39. The lowest BCUT2D eigenvalue weighted by Gasteiger charge is -2.56. The molecule has 5 heteroatoms. The molecule has 2 saturated heterocycles. The summed E-state index contributed by atoms with van der Waals surface area (Å²) in [6, 6.07) is 0.189. The van der Waals surface area contributed by atoms with Crippen LogP contribution in [0.25, 0.3) is 0 Å². The van der Waals surface area contributed by atoms with Crippen LogP contribution in [0.4, 0.5) is 0 Å². The molecule has 2 atom stereocenters. The molecule has 0 N–H and O–H groups in total. The molecule has 0 aromatic heterocycles. The van der Waals surface area contributed by atoms with Gasteiger partial charge in [0.15, 0.2) is 0 Å². The molecule has 2 heterocycles. The maximum atomic E-state index is 12.5. The zero-order valence-electron chi connectivity index (χ0n) is 13.2. The summed E-state index contributed by atoms with van der Waals surface area (Å²) in [5.41, 5.74) is -0.185. The summed E-state index contributed by atoms with van der Waals surface area (Å²) in [5.74, 6) is 0.329. The first-order chi connectivity index (χ1) is 9.36. The van der Waals surface area contributed by atoms with E-state index in [0.717, 1.165) is 38.8 Å². The molecule has 0 aliphatic carbocycles. The fourth-order valence-electron chi connectivity index (χ4n) is 3.89. The van der Waals surface area contributed by atoms with Crippen LogP contribution in [0.2, 0.25) is 0 Å². The fraction of sp³-hybridized carbons (Fsp3) is 0.867. The smallest absolute Gasteiger partial charge is 0.237 e. The monoisotopic (exact) mass is 281 g/mol. The van der Waals surface area contributed by atoms with Crippen LogP contribution >= 0.6 is 0 Å². The van der Waals surface area contributed by atoms with Crippen LogP contribution in [0.3, 0.4) is 0 Å². The minimum atomic E-state index is -0.185. The van der Waals surface area contributed by atoms with E-state index in [1.807, 2.05) is 28.8 Å². The third kappa shape index (κ3) is 2.68. The van der Waals surface area contributed by atoms with Gasteiger partial charge in [-0.05, 0) is 46.7 Å². The van der Waals surface area contributed by atoms with Crippen LogP contribution in [-0.4, -0.2) is 71.8 Å². The van der Waals surface area contributed by atoms with Crippen LogP contribution in [0, 0.1) is 0 Å². The highest BCUT2D eigenvalue weighted by Gasteiger charge is 2.49. The van der Waals surface area contributed by atoms with Crippen molar-refractivity contribution in [3.05, 3.63) is 0 Å². The average Bonchev–Trinajstić information content (AvgIpc) is 2.35. The lowest BCUT2D eigenvalue weighted by molar-refractivity contribution is -0.155. The Labute approximate surface area is 121 Å². The first-order valence-electron chi connectivity index (χ1n) is 7.58. The van der Waals surface area contributed by atoms with Gasteiger partial charge in [-0.15, -0.1) is 0 Å². The van der Waals surface area contributed by atoms with Crippen molar-refractivity contribution in [2.45, 2.75) is 51.1 Å². The predicted octanol–water partition coefficient (Wildman–Crippen LogP) is 0.940. The second kappa shape index (κ2) is 5.72. The van der Waals surface area contributed by atoms with Crippen LogP contribution in [0.1, 0.15) is 39.5 Å². The molecule has 0 aromatic rings. The quantitative estimate of drug-likeness (QED) is 0.756. The second-order valence-corrected chi connectivity index (χ2v) is 6.61. The van der Waals surface area contributed by atoms with Crippen molar-refractivity contribution in [2.75, 3.05) is 33.7 Å². The van der Waals surface area contributed by atoms with E-state index in [1.54, 1.807) is 6.92 Å². The molecule has 2 fully saturated rings. The zero-order chi connectivity index (χ0) is 14.9. The van der Waals surface area contributed by atoms with E-state index in [4.69, 9.17) is 0 Å². The summed E-state index contributed by atoms with van der Waals surface area (Å²) in [5, 5.41) is 0. The maximum absolute atomic E-state index is 12.5. The van der Waals surface area contributed by atoms with Crippen molar-refractivity contribution in [1.29, 1.82) is 0 Å². The van der Waals surface area contributed by atoms with Gasteiger partial charge in [0, 0.05) is 20.0 Å². The Morgan fingerprint density at radius 1 is 1.25 bits per heavy atom. The number of likely N-dealkylation sites (tertiary alicyclic amines) is 2. The highest BCUT2D eigenvalue weighted by molar-refractivity contribution is 5.80. The second-order valence-electron chi connectivity index (χ2n) is 6.61. The standard InChI is InChI=1S/C15H27N3O2/c1-12(19)17-9-6-8-15(2)13(17)7-5-10-18(15)14(20)11-16(3)4/h13H,5-11H2,1-4H3/t13-,15-/m0/s1. The number of carbonyl (C=O) groups excluding carboxylic acids is 2. The van der Waals surface area contributed by atoms with E-state index < -0.39 is 0 Å². The fourth-order valence-corrected chi connectivity index (χ4v) is 3.89. The predicted molar refractivity (Wildman–Crippen MR) is 78.3 cm³/mol. The number of hydrogen-bond acceptors (Lipinski definition) is 3. The van der Waals surface area contributed by atoms with Gasteiger partial charge in [0.2, 0.25) is 11.8 Å². The Balaban J connectivity index is 2.23. The molecular weight excluding hydrogens is 254 g/mol. The lowest BCUT2D eigenvalue weighted by atomic mass is 9.76. The van der Waals surface area contributed by atoms with Gasteiger partial charge in [0.25, 0.3) is 0 Å². The van der Waals surface area contributed by atoms with Crippen LogP contribution < -0.4 is 0 Å². The first kappa shape index (κ1) is 15.3. The molecule has 0 spiro atoms. The van der Waals surface area contributed by atoms with Crippen molar-refractivity contribution in [2.24, 2.45) is 0 Å². The largest absolute Gasteiger partial charge is 0.338 e. The normalized spacial score (nSPS) is 30.4. The molecule has 2 aliphatic rings. The Bertz CT molecular complexity index is 397. The average molecular weight is 281 g/mol. The molecule has 0 unspecified atom stereocenters. The SMILES string of the molecule is CC(=O)N1CCC[C@@]2(C)[C@@H]1CCCN2C(=O)CN(C)C. The minimum absolute atomic E-state index is 0.142. The van der Waals surface area contributed by atoms with E-state index >= 15 is 0 Å². The summed E-state index contributed by atoms with van der Waals surface area (Å²) < 4.78 is 0. The Hall–Kier alpha value is -1.10. The molecule has 2 aliphatic heterocycles. The summed E-state index contributed by atoms with van der Waals surface area (Å²) in [6.07, 6.45) is 3.99. The molecule has 20 heavy (non-hydrogen) atoms. The molecule has 5 nitrogen and oxygen atoms in total. The number of piperidine rings is 2. The summed E-state index contributed by atoms with van der Waals surface area (Å²) >= 11 is 0. The zero-order valence-corrected chi connectivity index (χ0v) is 13.2. The van der Waals surface area contributed by atoms with Crippen LogP contribution in [0.15, 0.2) is 0 Å². The highest BCUT2D eigenvalue weighted by atomic mass is 16.2. The Morgan fingerprint density at radius 3 is 2.55 bits per heavy atom. The number of likely N-dealkylation sites (N-methyl/N-ethyl adjacent to an activating group) is 1. The first-order valence-corrected chi connectivity index (χ1v) is 7.58. The number of carbonyl (C=O) groups is 2. The molecule has 114 valence electrons. The van der Waals surface area contributed by atoms with Gasteiger partial charge in [-0.3, -0.25) is 9.59 Å². The van der Waals surface area contributed by atoms with Gasteiger partial charge in [-0.2, -0.15) is 0 Å². The molecule has 2 amide bonds. The molecule has 0 radical (unpaired) electrons. The number of hydrogen-bond donors (Lipinski definition) is 0. The summed E-state index contributed by atoms with van der Waals surface area (Å²) in [6.45, 7) is 5.92. The molecule has 0 aromatic carbocycles. The summed E-state index contributed by atoms with van der Waals surface area (Å²) in [7, 11) is 3.84. The number of rotatable bonds is 2. The van der Waals surface area contributed by atoms with Crippen molar-refractivity contribution >= 4 is 11.8 Å². The van der Waals surface area contributed by atoms with Crippen molar-refractivity contribution < 1.29 is 9.59 Å². The van der Waals surface area contributed by atoms with Crippen molar-refractivity contribution in [3.8, 4) is 0 Å². The third-order valence-electron chi connectivity index (χ3n) is 4.81. The number of amides is 2.